The smallest absolute Gasteiger partial charge is 0.171 e. The number of anilines is 1. The number of ether oxygens (including phenoxy) is 1. The average molecular weight is 300 g/mol. The Hall–Kier alpha value is -2.07. The Bertz CT molecular complexity index is 610. The fraction of sp³-hybridized carbons (Fsp3) is 0.235. The summed E-state index contributed by atoms with van der Waals surface area (Å²) in [6.45, 7) is 4.17. The molecule has 0 aliphatic rings. The first kappa shape index (κ1) is 15.3. The van der Waals surface area contributed by atoms with Crippen LogP contribution in [0.15, 0.2) is 48.5 Å². The summed E-state index contributed by atoms with van der Waals surface area (Å²) >= 11 is 5.35. The van der Waals surface area contributed by atoms with Crippen molar-refractivity contribution < 1.29 is 4.74 Å². The molecule has 0 bridgehead atoms. The number of benzene rings is 2. The highest BCUT2D eigenvalue weighted by molar-refractivity contribution is 7.80. The van der Waals surface area contributed by atoms with Crippen molar-refractivity contribution in [1.82, 2.24) is 5.32 Å². The summed E-state index contributed by atoms with van der Waals surface area (Å²) in [6.07, 6.45) is 0. The van der Waals surface area contributed by atoms with Crippen LogP contribution in [0.25, 0.3) is 0 Å². The summed E-state index contributed by atoms with van der Waals surface area (Å²) in [5.41, 5.74) is 3.36. The van der Waals surface area contributed by atoms with Gasteiger partial charge in [0.05, 0.1) is 13.2 Å². The lowest BCUT2D eigenvalue weighted by atomic mass is 10.1. The van der Waals surface area contributed by atoms with Crippen LogP contribution in [0, 0.1) is 6.92 Å². The predicted molar refractivity (Wildman–Crippen MR) is 91.9 cm³/mol. The summed E-state index contributed by atoms with van der Waals surface area (Å²) in [7, 11) is 1.65. The van der Waals surface area contributed by atoms with Crippen molar-refractivity contribution in [2.24, 2.45) is 0 Å². The van der Waals surface area contributed by atoms with Crippen LogP contribution in [-0.2, 0) is 0 Å². The Labute approximate surface area is 131 Å². The van der Waals surface area contributed by atoms with E-state index in [1.807, 2.05) is 24.3 Å². The number of thiocarbonyl (C=S) groups is 1. The van der Waals surface area contributed by atoms with Gasteiger partial charge in [0.2, 0.25) is 0 Å². The average Bonchev–Trinajstić information content (AvgIpc) is 2.47. The van der Waals surface area contributed by atoms with Gasteiger partial charge < -0.3 is 15.4 Å². The number of methoxy groups -OCH3 is 1. The maximum Gasteiger partial charge on any atom is 0.171 e. The van der Waals surface area contributed by atoms with Gasteiger partial charge in [-0.1, -0.05) is 35.9 Å². The van der Waals surface area contributed by atoms with Crippen molar-refractivity contribution in [3.8, 4) is 5.75 Å². The van der Waals surface area contributed by atoms with Gasteiger partial charge in [0.25, 0.3) is 0 Å². The third-order valence-electron chi connectivity index (χ3n) is 3.25. The highest BCUT2D eigenvalue weighted by atomic mass is 32.1. The van der Waals surface area contributed by atoms with E-state index in [4.69, 9.17) is 17.0 Å². The normalized spacial score (nSPS) is 11.6. The lowest BCUT2D eigenvalue weighted by Crippen LogP contribution is -2.30. The predicted octanol–water partition coefficient (Wildman–Crippen LogP) is 4.05. The van der Waals surface area contributed by atoms with Crippen molar-refractivity contribution in [2.75, 3.05) is 12.4 Å². The Kier molecular flexibility index (Phi) is 5.17. The molecule has 1 unspecified atom stereocenters. The van der Waals surface area contributed by atoms with Gasteiger partial charge in [-0.15, -0.1) is 0 Å². The van der Waals surface area contributed by atoms with Crippen molar-refractivity contribution in [1.29, 1.82) is 0 Å². The van der Waals surface area contributed by atoms with E-state index in [1.54, 1.807) is 7.11 Å². The van der Waals surface area contributed by atoms with Gasteiger partial charge >= 0.3 is 0 Å². The summed E-state index contributed by atoms with van der Waals surface area (Å²) in [5, 5.41) is 7.04. The second-order valence-electron chi connectivity index (χ2n) is 4.96. The van der Waals surface area contributed by atoms with Crippen molar-refractivity contribution in [2.45, 2.75) is 19.9 Å². The first-order valence-electron chi connectivity index (χ1n) is 6.86. The van der Waals surface area contributed by atoms with Gasteiger partial charge in [0.1, 0.15) is 5.75 Å². The largest absolute Gasteiger partial charge is 0.497 e. The van der Waals surface area contributed by atoms with E-state index in [0.717, 1.165) is 11.4 Å². The van der Waals surface area contributed by atoms with E-state index in [2.05, 4.69) is 48.7 Å². The number of hydrogen-bond donors (Lipinski definition) is 2. The Morgan fingerprint density at radius 2 is 1.86 bits per heavy atom. The fourth-order valence-electron chi connectivity index (χ4n) is 2.00. The second kappa shape index (κ2) is 7.09. The molecule has 0 aliphatic carbocycles. The summed E-state index contributed by atoms with van der Waals surface area (Å²) in [5.74, 6) is 0.800. The van der Waals surface area contributed by atoms with Crippen molar-refractivity contribution in [3.05, 3.63) is 59.7 Å². The molecule has 0 fully saturated rings. The first-order valence-corrected chi connectivity index (χ1v) is 7.27. The van der Waals surface area contributed by atoms with Crippen LogP contribution in [-0.4, -0.2) is 12.2 Å². The zero-order valence-electron chi connectivity index (χ0n) is 12.5. The maximum atomic E-state index is 5.35. The number of aryl methyl sites for hydroxylation is 1. The molecule has 21 heavy (non-hydrogen) atoms. The van der Waals surface area contributed by atoms with Crippen LogP contribution in [0.5, 0.6) is 5.75 Å². The molecule has 0 aliphatic heterocycles. The summed E-state index contributed by atoms with van der Waals surface area (Å²) < 4.78 is 5.19. The van der Waals surface area contributed by atoms with Gasteiger partial charge in [-0.25, -0.2) is 0 Å². The molecule has 0 heterocycles. The Morgan fingerprint density at radius 3 is 2.52 bits per heavy atom. The standard InChI is InChI=1S/C17H20N2OS/c1-12-7-9-14(10-8-12)13(2)18-17(21)19-15-5-4-6-16(11-15)20-3/h4-11,13H,1-3H3,(H2,18,19,21). The lowest BCUT2D eigenvalue weighted by Gasteiger charge is -2.17. The third kappa shape index (κ3) is 4.46. The minimum Gasteiger partial charge on any atom is -0.497 e. The van der Waals surface area contributed by atoms with Gasteiger partial charge in [-0.05, 0) is 43.8 Å². The molecule has 2 aromatic rings. The molecule has 3 nitrogen and oxygen atoms in total. The highest BCUT2D eigenvalue weighted by Gasteiger charge is 2.07. The molecule has 2 rings (SSSR count). The van der Waals surface area contributed by atoms with Crippen LogP contribution in [0.2, 0.25) is 0 Å². The zero-order valence-corrected chi connectivity index (χ0v) is 13.3. The first-order chi connectivity index (χ1) is 10.1. The number of hydrogen-bond acceptors (Lipinski definition) is 2. The molecule has 2 N–H and O–H groups in total. The third-order valence-corrected chi connectivity index (χ3v) is 3.47. The van der Waals surface area contributed by atoms with E-state index in [-0.39, 0.29) is 6.04 Å². The van der Waals surface area contributed by atoms with Crippen LogP contribution in [0.4, 0.5) is 5.69 Å². The summed E-state index contributed by atoms with van der Waals surface area (Å²) in [4.78, 5) is 0. The monoisotopic (exact) mass is 300 g/mol. The van der Waals surface area contributed by atoms with Crippen LogP contribution in [0.1, 0.15) is 24.1 Å². The van der Waals surface area contributed by atoms with Gasteiger partial charge in [-0.3, -0.25) is 0 Å². The van der Waals surface area contributed by atoms with Crippen LogP contribution < -0.4 is 15.4 Å². The SMILES string of the molecule is COc1cccc(NC(=S)NC(C)c2ccc(C)cc2)c1. The topological polar surface area (TPSA) is 33.3 Å². The lowest BCUT2D eigenvalue weighted by molar-refractivity contribution is 0.415. The van der Waals surface area contributed by atoms with Crippen molar-refractivity contribution in [3.63, 3.8) is 0 Å². The number of nitrogens with one attached hydrogen (secondary N) is 2. The summed E-state index contributed by atoms with van der Waals surface area (Å²) in [6, 6.07) is 16.3. The molecule has 110 valence electrons. The Balaban J connectivity index is 1.96. The van der Waals surface area contributed by atoms with Crippen LogP contribution >= 0.6 is 12.2 Å². The van der Waals surface area contributed by atoms with Crippen LogP contribution in [0.3, 0.4) is 0 Å². The molecule has 0 saturated carbocycles. The van der Waals surface area contributed by atoms with E-state index in [1.165, 1.54) is 11.1 Å². The quantitative estimate of drug-likeness (QED) is 0.835. The second-order valence-corrected chi connectivity index (χ2v) is 5.37. The fourth-order valence-corrected chi connectivity index (χ4v) is 2.30. The maximum absolute atomic E-state index is 5.35. The van der Waals surface area contributed by atoms with E-state index < -0.39 is 0 Å². The molecule has 0 amide bonds. The van der Waals surface area contributed by atoms with Crippen molar-refractivity contribution >= 4 is 23.0 Å². The molecule has 0 saturated heterocycles. The van der Waals surface area contributed by atoms with E-state index >= 15 is 0 Å². The van der Waals surface area contributed by atoms with Gasteiger partial charge in [0, 0.05) is 11.8 Å². The molecular weight excluding hydrogens is 280 g/mol. The molecule has 2 aromatic carbocycles. The van der Waals surface area contributed by atoms with E-state index in [0.29, 0.717) is 5.11 Å². The molecular formula is C17H20N2OS. The number of rotatable bonds is 4. The molecule has 0 spiro atoms. The molecule has 0 aromatic heterocycles. The van der Waals surface area contributed by atoms with Gasteiger partial charge in [0.15, 0.2) is 5.11 Å². The minimum absolute atomic E-state index is 0.149. The Morgan fingerprint density at radius 1 is 1.14 bits per heavy atom. The zero-order chi connectivity index (χ0) is 15.2. The minimum atomic E-state index is 0.149. The highest BCUT2D eigenvalue weighted by Crippen LogP contribution is 2.17. The molecule has 4 heteroatoms. The van der Waals surface area contributed by atoms with Gasteiger partial charge in [-0.2, -0.15) is 0 Å². The molecule has 0 radical (unpaired) electrons. The van der Waals surface area contributed by atoms with E-state index in [9.17, 15) is 0 Å². The molecule has 1 atom stereocenters.